The lowest BCUT2D eigenvalue weighted by Gasteiger charge is -2.28. The summed E-state index contributed by atoms with van der Waals surface area (Å²) in [5.74, 6) is 1.13. The molecule has 2 atom stereocenters. The van der Waals surface area contributed by atoms with Gasteiger partial charge >= 0.3 is 0 Å². The number of hydrogen-bond acceptors (Lipinski definition) is 0. The average Bonchev–Trinajstić information content (AvgIpc) is 2.94. The first-order chi connectivity index (χ1) is 17.4. The van der Waals surface area contributed by atoms with E-state index in [0.717, 1.165) is 5.90 Å². The molecule has 6 rings (SSSR count). The minimum Gasteiger partial charge on any atom is -0.0622 e. The molecule has 0 aromatic heterocycles. The average molecular weight is 485 g/mol. The Bertz CT molecular complexity index is 1440. The molecule has 0 amide bonds. The van der Waals surface area contributed by atoms with Gasteiger partial charge in [-0.1, -0.05) is 146 Å². The molecule has 0 aliphatic carbocycles. The molecule has 0 saturated carbocycles. The number of rotatable bonds is 6. The third kappa shape index (κ3) is 4.53. The SMILES string of the molecule is c1ccc(P(CP(c2ccccc2)c2cccc3ccccc23)c2cccc3ccccc23)cc1. The van der Waals surface area contributed by atoms with Crippen molar-refractivity contribution in [3.05, 3.63) is 146 Å². The minimum absolute atomic E-state index is 0.564. The van der Waals surface area contributed by atoms with Crippen LogP contribution in [0.3, 0.4) is 0 Å². The highest BCUT2D eigenvalue weighted by Crippen LogP contribution is 2.50. The van der Waals surface area contributed by atoms with E-state index in [9.17, 15) is 0 Å². The first-order valence-electron chi connectivity index (χ1n) is 12.0. The van der Waals surface area contributed by atoms with Crippen LogP contribution in [-0.2, 0) is 0 Å². The fourth-order valence-electron chi connectivity index (χ4n) is 4.84. The van der Waals surface area contributed by atoms with E-state index in [1.807, 2.05) is 0 Å². The van der Waals surface area contributed by atoms with Crippen LogP contribution in [0.1, 0.15) is 0 Å². The molecule has 0 bridgehead atoms. The van der Waals surface area contributed by atoms with E-state index < -0.39 is 15.8 Å². The lowest BCUT2D eigenvalue weighted by atomic mass is 10.1. The third-order valence-electron chi connectivity index (χ3n) is 6.53. The van der Waals surface area contributed by atoms with Gasteiger partial charge < -0.3 is 0 Å². The summed E-state index contributed by atoms with van der Waals surface area (Å²) in [6, 6.07) is 53.7. The second-order valence-electron chi connectivity index (χ2n) is 8.67. The summed E-state index contributed by atoms with van der Waals surface area (Å²) in [5.41, 5.74) is 0. The van der Waals surface area contributed by atoms with Crippen LogP contribution in [0, 0.1) is 0 Å². The first-order valence-corrected chi connectivity index (χ1v) is 15.0. The summed E-state index contributed by atoms with van der Waals surface area (Å²) >= 11 is 0. The van der Waals surface area contributed by atoms with Crippen LogP contribution in [0.5, 0.6) is 0 Å². The zero-order valence-corrected chi connectivity index (χ0v) is 21.2. The van der Waals surface area contributed by atoms with Crippen LogP contribution in [0.2, 0.25) is 0 Å². The van der Waals surface area contributed by atoms with Gasteiger partial charge in [-0.2, -0.15) is 0 Å². The summed E-state index contributed by atoms with van der Waals surface area (Å²) in [6.45, 7) is 0. The smallest absolute Gasteiger partial charge is 0.00410 e. The molecule has 0 radical (unpaired) electrons. The molecule has 0 aliphatic heterocycles. The van der Waals surface area contributed by atoms with Gasteiger partial charge in [0, 0.05) is 5.90 Å². The largest absolute Gasteiger partial charge is 0.0622 e. The normalized spacial score (nSPS) is 13.0. The highest BCUT2D eigenvalue weighted by atomic mass is 31.2. The zero-order valence-electron chi connectivity index (χ0n) is 19.5. The monoisotopic (exact) mass is 484 g/mol. The standard InChI is InChI=1S/C33H26P2/c1-3-17-28(18-4-1)34(32-23-11-15-26-13-7-9-21-30(26)32)25-35(29-19-5-2-6-20-29)33-24-12-16-27-14-8-10-22-31(27)33/h1-24H,25H2. The van der Waals surface area contributed by atoms with Gasteiger partial charge in [0.15, 0.2) is 0 Å². The first kappa shape index (κ1) is 22.2. The molecule has 2 heteroatoms. The van der Waals surface area contributed by atoms with Crippen molar-refractivity contribution in [3.63, 3.8) is 0 Å². The molecule has 6 aromatic carbocycles. The van der Waals surface area contributed by atoms with Crippen molar-refractivity contribution < 1.29 is 0 Å². The van der Waals surface area contributed by atoms with Crippen LogP contribution in [0.15, 0.2) is 146 Å². The van der Waals surface area contributed by atoms with E-state index in [1.165, 1.54) is 42.8 Å². The van der Waals surface area contributed by atoms with Gasteiger partial charge in [0.05, 0.1) is 0 Å². The molecule has 168 valence electrons. The minimum atomic E-state index is -0.564. The quantitative estimate of drug-likeness (QED) is 0.215. The second kappa shape index (κ2) is 10.1. The zero-order chi connectivity index (χ0) is 23.5. The number of fused-ring (bicyclic) bond motifs is 2. The van der Waals surface area contributed by atoms with Crippen molar-refractivity contribution in [1.82, 2.24) is 0 Å². The third-order valence-corrected chi connectivity index (χ3v) is 12.6. The van der Waals surface area contributed by atoms with Crippen LogP contribution >= 0.6 is 15.8 Å². The van der Waals surface area contributed by atoms with Crippen molar-refractivity contribution in [2.45, 2.75) is 0 Å². The molecule has 0 aliphatic rings. The van der Waals surface area contributed by atoms with Gasteiger partial charge in [-0.3, -0.25) is 0 Å². The lowest BCUT2D eigenvalue weighted by Crippen LogP contribution is -2.20. The van der Waals surface area contributed by atoms with Gasteiger partial charge in [0.25, 0.3) is 0 Å². The fourth-order valence-corrected chi connectivity index (χ4v) is 11.6. The summed E-state index contributed by atoms with van der Waals surface area (Å²) in [6.07, 6.45) is 0. The molecule has 0 heterocycles. The lowest BCUT2D eigenvalue weighted by molar-refractivity contribution is 1.74. The Hall–Kier alpha value is -3.30. The molecule has 0 nitrogen and oxygen atoms in total. The molecular formula is C33H26P2. The van der Waals surface area contributed by atoms with Gasteiger partial charge in [0.1, 0.15) is 0 Å². The van der Waals surface area contributed by atoms with Crippen molar-refractivity contribution >= 4 is 58.6 Å². The van der Waals surface area contributed by atoms with E-state index in [2.05, 4.69) is 146 Å². The molecule has 2 unspecified atom stereocenters. The fraction of sp³-hybridized carbons (Fsp3) is 0.0303. The predicted molar refractivity (Wildman–Crippen MR) is 158 cm³/mol. The van der Waals surface area contributed by atoms with Crippen LogP contribution < -0.4 is 21.2 Å². The Morgan fingerprint density at radius 2 is 0.714 bits per heavy atom. The molecule has 0 N–H and O–H groups in total. The number of benzene rings is 6. The Morgan fingerprint density at radius 3 is 1.17 bits per heavy atom. The molecule has 35 heavy (non-hydrogen) atoms. The highest BCUT2D eigenvalue weighted by Gasteiger charge is 2.24. The van der Waals surface area contributed by atoms with E-state index in [4.69, 9.17) is 0 Å². The Morgan fingerprint density at radius 1 is 0.343 bits per heavy atom. The van der Waals surface area contributed by atoms with Crippen LogP contribution in [0.25, 0.3) is 21.5 Å². The van der Waals surface area contributed by atoms with Crippen molar-refractivity contribution in [2.75, 3.05) is 5.90 Å². The van der Waals surface area contributed by atoms with Crippen LogP contribution in [-0.4, -0.2) is 5.90 Å². The van der Waals surface area contributed by atoms with E-state index in [-0.39, 0.29) is 0 Å². The Kier molecular flexibility index (Phi) is 6.42. The number of hydrogen-bond donors (Lipinski definition) is 0. The van der Waals surface area contributed by atoms with Crippen molar-refractivity contribution in [1.29, 1.82) is 0 Å². The van der Waals surface area contributed by atoms with Crippen molar-refractivity contribution in [2.24, 2.45) is 0 Å². The molecule has 0 saturated heterocycles. The van der Waals surface area contributed by atoms with Crippen molar-refractivity contribution in [3.8, 4) is 0 Å². The molecule has 6 aromatic rings. The molecular weight excluding hydrogens is 458 g/mol. The van der Waals surface area contributed by atoms with Gasteiger partial charge in [-0.05, 0) is 58.6 Å². The Labute approximate surface area is 209 Å². The van der Waals surface area contributed by atoms with Gasteiger partial charge in [-0.15, -0.1) is 0 Å². The van der Waals surface area contributed by atoms with E-state index in [1.54, 1.807) is 0 Å². The summed E-state index contributed by atoms with van der Waals surface area (Å²) in [4.78, 5) is 0. The summed E-state index contributed by atoms with van der Waals surface area (Å²) < 4.78 is 0. The van der Waals surface area contributed by atoms with E-state index in [0.29, 0.717) is 0 Å². The topological polar surface area (TPSA) is 0 Å². The summed E-state index contributed by atoms with van der Waals surface area (Å²) in [5, 5.41) is 11.3. The highest BCUT2D eigenvalue weighted by molar-refractivity contribution is 7.88. The van der Waals surface area contributed by atoms with E-state index >= 15 is 0 Å². The van der Waals surface area contributed by atoms with Gasteiger partial charge in [0.2, 0.25) is 0 Å². The van der Waals surface area contributed by atoms with Crippen LogP contribution in [0.4, 0.5) is 0 Å². The summed E-state index contributed by atoms with van der Waals surface area (Å²) in [7, 11) is -1.13. The molecule has 0 fully saturated rings. The predicted octanol–water partition coefficient (Wildman–Crippen LogP) is 7.52. The maximum absolute atomic E-state index is 2.36. The maximum Gasteiger partial charge on any atom is 0.00410 e. The Balaban J connectivity index is 1.56. The second-order valence-corrected chi connectivity index (χ2v) is 13.5. The molecule has 0 spiro atoms. The maximum atomic E-state index is 2.36. The van der Waals surface area contributed by atoms with Gasteiger partial charge in [-0.25, -0.2) is 0 Å².